The molecule has 3 saturated carbocycles. The number of rotatable bonds is 5. The second kappa shape index (κ2) is 8.69. The van der Waals surface area contributed by atoms with E-state index >= 15 is 4.39 Å². The number of aliphatic hydroxyl groups excluding tert-OH is 1. The molecule has 3 fully saturated rings. The number of ketones is 1. The molecule has 0 spiro atoms. The maximum absolute atomic E-state index is 16.8. The van der Waals surface area contributed by atoms with Crippen LogP contribution in [-0.4, -0.2) is 53.6 Å². The van der Waals surface area contributed by atoms with Crippen LogP contribution in [0.2, 0.25) is 0 Å². The first-order valence-electron chi connectivity index (χ1n) is 11.4. The lowest BCUT2D eigenvalue weighted by Crippen LogP contribution is -2.60. The Morgan fingerprint density at radius 3 is 2.70 bits per heavy atom. The highest BCUT2D eigenvalue weighted by Gasteiger charge is 2.67. The first kappa shape index (κ1) is 24.2. The fourth-order valence-corrected chi connectivity index (χ4v) is 6.86. The van der Waals surface area contributed by atoms with Crippen LogP contribution in [0.25, 0.3) is 0 Å². The first-order chi connectivity index (χ1) is 15.5. The van der Waals surface area contributed by atoms with Gasteiger partial charge in [-0.3, -0.25) is 4.79 Å². The molecule has 0 aromatic rings. The number of hydrogen-bond acceptors (Lipinski definition) is 7. The maximum Gasteiger partial charge on any atom is 0.508 e. The second-order valence-electron chi connectivity index (χ2n) is 10.1. The van der Waals surface area contributed by atoms with E-state index in [1.54, 1.807) is 12.2 Å². The zero-order valence-corrected chi connectivity index (χ0v) is 19.6. The molecule has 182 valence electrons. The molecule has 0 saturated heterocycles. The minimum atomic E-state index is -1.65. The number of alkyl halides is 2. The number of carbonyl (C=O) groups excluding carboxylic acids is 3. The van der Waals surface area contributed by atoms with Crippen LogP contribution in [0.4, 0.5) is 9.18 Å². The van der Waals surface area contributed by atoms with E-state index in [-0.39, 0.29) is 17.6 Å². The lowest BCUT2D eigenvalue weighted by atomic mass is 9.47. The Kier molecular flexibility index (Phi) is 6.37. The third-order valence-corrected chi connectivity index (χ3v) is 8.75. The molecule has 0 aliphatic heterocycles. The van der Waals surface area contributed by atoms with Crippen LogP contribution in [0.3, 0.4) is 0 Å². The summed E-state index contributed by atoms with van der Waals surface area (Å²) >= 11 is 5.27. The predicted octanol–water partition coefficient (Wildman–Crippen LogP) is 4.01. The number of esters is 1. The summed E-state index contributed by atoms with van der Waals surface area (Å²) in [5.41, 5.74) is -1.78. The Morgan fingerprint density at radius 1 is 1.21 bits per heavy atom. The van der Waals surface area contributed by atoms with Crippen LogP contribution in [0.15, 0.2) is 23.8 Å². The molecule has 7 atom stereocenters. The highest BCUT2D eigenvalue weighted by Crippen LogP contribution is 2.68. The quantitative estimate of drug-likeness (QED) is 0.465. The molecule has 4 aliphatic carbocycles. The topological polar surface area (TPSA) is 99.1 Å². The number of fused-ring (bicyclic) bond motifs is 5. The van der Waals surface area contributed by atoms with Crippen LogP contribution < -0.4 is 0 Å². The maximum atomic E-state index is 16.8. The predicted molar refractivity (Wildman–Crippen MR) is 116 cm³/mol. The molecule has 4 rings (SSSR count). The van der Waals surface area contributed by atoms with Crippen LogP contribution in [0.5, 0.6) is 0 Å². The highest BCUT2D eigenvalue weighted by atomic mass is 35.5. The molecule has 0 bridgehead atoms. The van der Waals surface area contributed by atoms with Gasteiger partial charge in [0.05, 0.1) is 0 Å². The molecule has 0 amide bonds. The van der Waals surface area contributed by atoms with Gasteiger partial charge in [0.2, 0.25) is 0 Å². The summed E-state index contributed by atoms with van der Waals surface area (Å²) in [6.07, 6.45) is 5.27. The van der Waals surface area contributed by atoms with Gasteiger partial charge in [0.25, 0.3) is 0 Å². The van der Waals surface area contributed by atoms with Gasteiger partial charge in [-0.15, -0.1) is 0 Å². The molecular formula is C24H30ClFO7. The normalized spacial score (nSPS) is 40.1. The first-order valence-corrected chi connectivity index (χ1v) is 12.0. The summed E-state index contributed by atoms with van der Waals surface area (Å²) in [4.78, 5) is 35.5. The largest absolute Gasteiger partial charge is 0.508 e. The molecule has 4 aliphatic rings. The fraction of sp³-hybridized carbons (Fsp3) is 0.708. The van der Waals surface area contributed by atoms with Gasteiger partial charge in [0.1, 0.15) is 18.4 Å². The lowest BCUT2D eigenvalue weighted by Gasteiger charge is -2.60. The van der Waals surface area contributed by atoms with Crippen molar-refractivity contribution in [1.29, 1.82) is 0 Å². The zero-order chi connectivity index (χ0) is 24.0. The van der Waals surface area contributed by atoms with Crippen molar-refractivity contribution in [2.75, 3.05) is 12.7 Å². The van der Waals surface area contributed by atoms with Crippen molar-refractivity contribution in [2.45, 2.75) is 70.2 Å². The van der Waals surface area contributed by atoms with Crippen molar-refractivity contribution in [2.24, 2.45) is 22.7 Å². The smallest absolute Gasteiger partial charge is 0.447 e. The minimum absolute atomic E-state index is 0.0303. The number of carbonyl (C=O) groups is 3. The molecule has 0 aromatic heterocycles. The Labute approximate surface area is 197 Å². The van der Waals surface area contributed by atoms with Crippen molar-refractivity contribution in [1.82, 2.24) is 0 Å². The van der Waals surface area contributed by atoms with Gasteiger partial charge in [0, 0.05) is 10.8 Å². The third-order valence-electron chi connectivity index (χ3n) is 8.64. The Balaban J connectivity index is 1.44. The Hall–Kier alpha value is -1.93. The molecule has 33 heavy (non-hydrogen) atoms. The van der Waals surface area contributed by atoms with Gasteiger partial charge in [-0.05, 0) is 69.4 Å². The average molecular weight is 485 g/mol. The number of aliphatic hydroxyl groups is 1. The summed E-state index contributed by atoms with van der Waals surface area (Å²) in [5.74, 6) is -1.25. The third kappa shape index (κ3) is 3.89. The van der Waals surface area contributed by atoms with E-state index in [1.165, 1.54) is 6.08 Å². The van der Waals surface area contributed by atoms with E-state index in [9.17, 15) is 19.5 Å². The summed E-state index contributed by atoms with van der Waals surface area (Å²) in [6, 6.07) is -0.415. The molecule has 7 nitrogen and oxygen atoms in total. The van der Waals surface area contributed by atoms with E-state index < -0.39 is 53.5 Å². The number of hydrogen-bond donors (Lipinski definition) is 1. The van der Waals surface area contributed by atoms with Gasteiger partial charge < -0.3 is 19.3 Å². The summed E-state index contributed by atoms with van der Waals surface area (Å²) in [7, 11) is 0. The molecule has 1 unspecified atom stereocenters. The molecule has 1 N–H and O–H groups in total. The summed E-state index contributed by atoms with van der Waals surface area (Å²) in [6.45, 7) is 3.34. The molecule has 0 radical (unpaired) electrons. The SMILES string of the molecule is C[C@]12CC[C@@]3(F)[C@@H](CCC4=CC(=O)C=C[C@@]43C)[C@@H]1CC[C@H]2OC(=O)OCC(O)C(=O)OCCl. The van der Waals surface area contributed by atoms with E-state index in [4.69, 9.17) is 21.1 Å². The highest BCUT2D eigenvalue weighted by molar-refractivity contribution is 6.17. The second-order valence-corrected chi connectivity index (χ2v) is 10.3. The fourth-order valence-electron chi connectivity index (χ4n) is 6.75. The van der Waals surface area contributed by atoms with E-state index in [1.807, 2.05) is 13.8 Å². The van der Waals surface area contributed by atoms with Crippen LogP contribution in [0, 0.1) is 22.7 Å². The van der Waals surface area contributed by atoms with Crippen molar-refractivity contribution in [3.05, 3.63) is 23.8 Å². The molecule has 9 heteroatoms. The number of allylic oxidation sites excluding steroid dienone is 4. The Bertz CT molecular complexity index is 903. The van der Waals surface area contributed by atoms with Crippen LogP contribution >= 0.6 is 11.6 Å². The Morgan fingerprint density at radius 2 is 1.97 bits per heavy atom. The van der Waals surface area contributed by atoms with E-state index in [0.717, 1.165) is 12.0 Å². The van der Waals surface area contributed by atoms with E-state index in [0.29, 0.717) is 32.1 Å². The van der Waals surface area contributed by atoms with Gasteiger partial charge >= 0.3 is 12.1 Å². The summed E-state index contributed by atoms with van der Waals surface area (Å²) < 4.78 is 31.7. The monoisotopic (exact) mass is 484 g/mol. The summed E-state index contributed by atoms with van der Waals surface area (Å²) in [5, 5.41) is 9.65. The molecule has 0 aromatic carbocycles. The molecule has 0 heterocycles. The number of ether oxygens (including phenoxy) is 3. The molecular weight excluding hydrogens is 455 g/mol. The van der Waals surface area contributed by atoms with Gasteiger partial charge in [-0.25, -0.2) is 14.0 Å². The lowest BCUT2D eigenvalue weighted by molar-refractivity contribution is -0.154. The van der Waals surface area contributed by atoms with Crippen molar-refractivity contribution < 1.29 is 38.1 Å². The minimum Gasteiger partial charge on any atom is -0.447 e. The van der Waals surface area contributed by atoms with Crippen molar-refractivity contribution in [3.8, 4) is 0 Å². The van der Waals surface area contributed by atoms with E-state index in [2.05, 4.69) is 4.74 Å². The number of halogens is 2. The average Bonchev–Trinajstić information content (AvgIpc) is 3.09. The standard InChI is InChI=1S/C24H30ClFO7/c1-22-9-10-24(26)17(4-3-14-11-15(27)7-8-23(14,24)2)16(22)5-6-19(22)33-21(30)31-12-18(28)20(29)32-13-25/h7-8,11,16-19,28H,3-6,9-10,12-13H2,1-2H3/t16-,17-,18?,19+,22-,23-,24+/m0/s1. The van der Waals surface area contributed by atoms with Gasteiger partial charge in [0.15, 0.2) is 18.0 Å². The zero-order valence-electron chi connectivity index (χ0n) is 18.9. The van der Waals surface area contributed by atoms with Crippen molar-refractivity contribution >= 4 is 29.5 Å². The van der Waals surface area contributed by atoms with Gasteiger partial charge in [-0.2, -0.15) is 0 Å². The van der Waals surface area contributed by atoms with Crippen LogP contribution in [-0.2, 0) is 23.8 Å². The van der Waals surface area contributed by atoms with Crippen molar-refractivity contribution in [3.63, 3.8) is 0 Å². The van der Waals surface area contributed by atoms with Crippen LogP contribution in [0.1, 0.15) is 52.4 Å². The van der Waals surface area contributed by atoms with Gasteiger partial charge in [-0.1, -0.05) is 30.2 Å².